The van der Waals surface area contributed by atoms with Crippen LogP contribution in [0.3, 0.4) is 0 Å². The first kappa shape index (κ1) is 22.2. The molecule has 0 aliphatic carbocycles. The molecule has 1 aromatic rings. The largest absolute Gasteiger partial charge is 0.480 e. The van der Waals surface area contributed by atoms with E-state index in [0.29, 0.717) is 19.6 Å². The number of nitrogens with zero attached hydrogens (tertiary/aromatic N) is 3. The first-order valence-corrected chi connectivity index (χ1v) is 9.37. The third kappa shape index (κ3) is 5.02. The molecule has 3 rings (SSSR count). The predicted octanol–water partition coefficient (Wildman–Crippen LogP) is 0.636. The van der Waals surface area contributed by atoms with E-state index in [0.717, 1.165) is 32.2 Å². The number of likely N-dealkylation sites (tertiary alicyclic amines) is 1. The zero-order valence-electron chi connectivity index (χ0n) is 16.3. The van der Waals surface area contributed by atoms with Gasteiger partial charge in [-0.15, -0.1) is 12.4 Å². The summed E-state index contributed by atoms with van der Waals surface area (Å²) in [6, 6.07) is -0.0821. The normalized spacial score (nSPS) is 21.6. The van der Waals surface area contributed by atoms with Crippen LogP contribution >= 0.6 is 12.4 Å². The Bertz CT molecular complexity index is 662. The molecule has 1 aromatic heterocycles. The molecule has 0 aromatic carbocycles. The highest BCUT2D eigenvalue weighted by Crippen LogP contribution is 2.27. The van der Waals surface area contributed by atoms with Gasteiger partial charge in [0.2, 0.25) is 17.7 Å². The molecule has 28 heavy (non-hydrogen) atoms. The molecule has 2 aliphatic rings. The summed E-state index contributed by atoms with van der Waals surface area (Å²) < 4.78 is 10.4. The smallest absolute Gasteiger partial charge is 0.264 e. The summed E-state index contributed by atoms with van der Waals surface area (Å²) in [7, 11) is 2.92. The second-order valence-electron chi connectivity index (χ2n) is 6.92. The van der Waals surface area contributed by atoms with Gasteiger partial charge in [0.1, 0.15) is 6.33 Å². The Balaban J connectivity index is 0.00000280. The summed E-state index contributed by atoms with van der Waals surface area (Å²) in [6.45, 7) is 2.68. The van der Waals surface area contributed by atoms with Crippen LogP contribution in [-0.4, -0.2) is 73.1 Å². The maximum Gasteiger partial charge on any atom is 0.264 e. The molecule has 2 saturated heterocycles. The molecule has 2 N–H and O–H groups in total. The molecule has 2 unspecified atom stereocenters. The number of ether oxygens (including phenoxy) is 2. The van der Waals surface area contributed by atoms with Gasteiger partial charge in [-0.2, -0.15) is 0 Å². The van der Waals surface area contributed by atoms with Crippen molar-refractivity contribution in [3.05, 3.63) is 11.9 Å². The lowest BCUT2D eigenvalue weighted by Gasteiger charge is -2.33. The minimum Gasteiger partial charge on any atom is -0.480 e. The highest BCUT2D eigenvalue weighted by Gasteiger charge is 2.30. The summed E-state index contributed by atoms with van der Waals surface area (Å²) in [5.41, 5.74) is 0.238. The predicted molar refractivity (Wildman–Crippen MR) is 105 cm³/mol. The third-order valence-corrected chi connectivity index (χ3v) is 5.13. The van der Waals surface area contributed by atoms with Gasteiger partial charge < -0.3 is 25.0 Å². The average molecular weight is 414 g/mol. The van der Waals surface area contributed by atoms with E-state index in [1.165, 1.54) is 20.5 Å². The number of halogens is 1. The van der Waals surface area contributed by atoms with Gasteiger partial charge in [-0.05, 0) is 38.1 Å². The first-order chi connectivity index (χ1) is 13.1. The fraction of sp³-hybridized carbons (Fsp3) is 0.667. The number of methoxy groups -OCH3 is 2. The second-order valence-corrected chi connectivity index (χ2v) is 6.92. The molecular weight excluding hydrogens is 386 g/mol. The van der Waals surface area contributed by atoms with E-state index in [4.69, 9.17) is 9.47 Å². The van der Waals surface area contributed by atoms with Gasteiger partial charge in [0.25, 0.3) is 5.91 Å². The maximum atomic E-state index is 13.0. The Morgan fingerprint density at radius 1 is 1.21 bits per heavy atom. The zero-order valence-corrected chi connectivity index (χ0v) is 17.1. The number of nitrogens with one attached hydrogen (secondary N) is 2. The summed E-state index contributed by atoms with van der Waals surface area (Å²) >= 11 is 0. The van der Waals surface area contributed by atoms with E-state index in [-0.39, 0.29) is 53.5 Å². The number of hydrogen-bond donors (Lipinski definition) is 2. The Labute approximate surface area is 171 Å². The summed E-state index contributed by atoms with van der Waals surface area (Å²) in [4.78, 5) is 35.0. The minimum atomic E-state index is -0.210. The monoisotopic (exact) mass is 413 g/mol. The van der Waals surface area contributed by atoms with Gasteiger partial charge in [-0.25, -0.2) is 9.97 Å². The summed E-state index contributed by atoms with van der Waals surface area (Å²) in [6.07, 6.45) is 5.08. The van der Waals surface area contributed by atoms with Gasteiger partial charge >= 0.3 is 0 Å². The van der Waals surface area contributed by atoms with Gasteiger partial charge in [0, 0.05) is 19.6 Å². The van der Waals surface area contributed by atoms with E-state index >= 15 is 0 Å². The number of carbonyl (C=O) groups is 2. The fourth-order valence-corrected chi connectivity index (χ4v) is 3.70. The van der Waals surface area contributed by atoms with Crippen molar-refractivity contribution in [1.82, 2.24) is 25.5 Å². The quantitative estimate of drug-likeness (QED) is 0.704. The van der Waals surface area contributed by atoms with Gasteiger partial charge in [-0.1, -0.05) is 0 Å². The van der Waals surface area contributed by atoms with Crippen LogP contribution in [0.2, 0.25) is 0 Å². The molecule has 156 valence electrons. The van der Waals surface area contributed by atoms with Crippen LogP contribution in [0, 0.1) is 5.92 Å². The van der Waals surface area contributed by atoms with Crippen molar-refractivity contribution in [2.45, 2.75) is 31.7 Å². The zero-order chi connectivity index (χ0) is 19.2. The number of amides is 2. The molecule has 9 nitrogen and oxygen atoms in total. The van der Waals surface area contributed by atoms with Gasteiger partial charge in [0.05, 0.1) is 20.3 Å². The molecule has 2 amide bonds. The van der Waals surface area contributed by atoms with Crippen LogP contribution in [0.15, 0.2) is 6.33 Å². The molecule has 3 heterocycles. The lowest BCUT2D eigenvalue weighted by Crippen LogP contribution is -2.46. The van der Waals surface area contributed by atoms with Gasteiger partial charge in [0.15, 0.2) is 5.56 Å². The highest BCUT2D eigenvalue weighted by molar-refractivity contribution is 5.98. The summed E-state index contributed by atoms with van der Waals surface area (Å²) in [5.74, 6) is 0.465. The van der Waals surface area contributed by atoms with E-state index in [9.17, 15) is 9.59 Å². The van der Waals surface area contributed by atoms with Crippen molar-refractivity contribution >= 4 is 24.2 Å². The average Bonchev–Trinajstić information content (AvgIpc) is 3.26. The van der Waals surface area contributed by atoms with Crippen LogP contribution in [-0.2, 0) is 4.79 Å². The molecule has 2 aliphatic heterocycles. The molecular formula is C18H28ClN5O4. The second kappa shape index (κ2) is 10.4. The number of aromatic nitrogens is 2. The van der Waals surface area contributed by atoms with E-state index < -0.39 is 0 Å². The van der Waals surface area contributed by atoms with Crippen molar-refractivity contribution in [1.29, 1.82) is 0 Å². The number of hydrogen-bond acceptors (Lipinski definition) is 7. The van der Waals surface area contributed by atoms with Crippen molar-refractivity contribution < 1.29 is 19.1 Å². The number of carbonyl (C=O) groups excluding carboxylic acids is 2. The Morgan fingerprint density at radius 2 is 1.93 bits per heavy atom. The minimum absolute atomic E-state index is 0. The molecule has 10 heteroatoms. The fourth-order valence-electron chi connectivity index (χ4n) is 3.70. The Hall–Kier alpha value is -2.13. The SMILES string of the molecule is COc1ncnc(OC)c1C(=O)N1CCCC(CNC(=O)C2CCCN2)C1.Cl. The standard InChI is InChI=1S/C18H27N5O4.ClH/c1-26-16-14(17(27-2)22-11-21-16)18(25)23-8-4-5-12(10-23)9-20-15(24)13-6-3-7-19-13;/h11-13,19H,3-10H2,1-2H3,(H,20,24);1H. The van der Waals surface area contributed by atoms with E-state index in [2.05, 4.69) is 20.6 Å². The van der Waals surface area contributed by atoms with E-state index in [1.54, 1.807) is 4.90 Å². The van der Waals surface area contributed by atoms with Crippen LogP contribution in [0.25, 0.3) is 0 Å². The molecule has 2 fully saturated rings. The van der Waals surface area contributed by atoms with Crippen molar-refractivity contribution in [2.75, 3.05) is 40.4 Å². The number of piperidine rings is 1. The van der Waals surface area contributed by atoms with Crippen molar-refractivity contribution in [2.24, 2.45) is 5.92 Å². The summed E-state index contributed by atoms with van der Waals surface area (Å²) in [5, 5.41) is 6.22. The molecule has 0 radical (unpaired) electrons. The third-order valence-electron chi connectivity index (χ3n) is 5.13. The molecule has 0 spiro atoms. The van der Waals surface area contributed by atoms with Crippen LogP contribution in [0.4, 0.5) is 0 Å². The van der Waals surface area contributed by atoms with E-state index in [1.807, 2.05) is 0 Å². The van der Waals surface area contributed by atoms with Crippen LogP contribution in [0.5, 0.6) is 11.8 Å². The lowest BCUT2D eigenvalue weighted by atomic mass is 9.97. The van der Waals surface area contributed by atoms with Crippen LogP contribution in [0.1, 0.15) is 36.0 Å². The van der Waals surface area contributed by atoms with Crippen LogP contribution < -0.4 is 20.1 Å². The van der Waals surface area contributed by atoms with Crippen molar-refractivity contribution in [3.63, 3.8) is 0 Å². The van der Waals surface area contributed by atoms with Crippen molar-refractivity contribution in [3.8, 4) is 11.8 Å². The topological polar surface area (TPSA) is 106 Å². The lowest BCUT2D eigenvalue weighted by molar-refractivity contribution is -0.123. The molecule has 2 atom stereocenters. The molecule has 0 saturated carbocycles. The Kier molecular flexibility index (Phi) is 8.25. The molecule has 0 bridgehead atoms. The Morgan fingerprint density at radius 3 is 2.54 bits per heavy atom. The van der Waals surface area contributed by atoms with Gasteiger partial charge in [-0.3, -0.25) is 9.59 Å². The first-order valence-electron chi connectivity index (χ1n) is 9.37. The maximum absolute atomic E-state index is 13.0. The number of rotatable bonds is 6. The highest BCUT2D eigenvalue weighted by atomic mass is 35.5.